The second kappa shape index (κ2) is 4.29. The normalized spacial score (nSPS) is 11.1. The van der Waals surface area contributed by atoms with Gasteiger partial charge in [-0.15, -0.1) is 5.10 Å². The maximum absolute atomic E-state index is 12.6. The first-order valence-electron chi connectivity index (χ1n) is 4.64. The third kappa shape index (κ3) is 1.95. The molecule has 4 nitrogen and oxygen atoms in total. The summed E-state index contributed by atoms with van der Waals surface area (Å²) in [6.45, 7) is -1.60. The Bertz CT molecular complexity index is 606. The number of hydrogen-bond donors (Lipinski definition) is 0. The molecule has 1 heterocycles. The van der Waals surface area contributed by atoms with Gasteiger partial charge in [0.05, 0.1) is 10.7 Å². The van der Waals surface area contributed by atoms with E-state index in [9.17, 15) is 13.6 Å². The maximum Gasteiger partial charge on any atom is 0.355 e. The van der Waals surface area contributed by atoms with Crippen LogP contribution in [0, 0.1) is 13.0 Å². The smallest absolute Gasteiger partial charge is 0.245 e. The molecule has 0 aliphatic carbocycles. The lowest BCUT2D eigenvalue weighted by molar-refractivity contribution is 0.0640. The Kier molecular flexibility index (Phi) is 2.97. The van der Waals surface area contributed by atoms with Gasteiger partial charge in [-0.2, -0.15) is 13.5 Å². The molecule has 0 atom stereocenters. The maximum atomic E-state index is 12.6. The second-order valence-corrected chi connectivity index (χ2v) is 3.67. The summed E-state index contributed by atoms with van der Waals surface area (Å²) >= 11 is 5.86. The Balaban J connectivity index is 2.67. The highest BCUT2D eigenvalue weighted by Gasteiger charge is 2.19. The van der Waals surface area contributed by atoms with Crippen LogP contribution in [0.1, 0.15) is 12.4 Å². The van der Waals surface area contributed by atoms with Crippen LogP contribution < -0.4 is 5.69 Å². The zero-order valence-corrected chi connectivity index (χ0v) is 9.45. The quantitative estimate of drug-likeness (QED) is 0.828. The molecule has 0 unspecified atom stereocenters. The van der Waals surface area contributed by atoms with E-state index in [4.69, 9.17) is 11.6 Å². The molecular formula is C10H7ClF2N3O. The zero-order chi connectivity index (χ0) is 12.6. The molecule has 0 aliphatic rings. The average molecular weight is 259 g/mol. The first-order valence-corrected chi connectivity index (χ1v) is 5.02. The lowest BCUT2D eigenvalue weighted by Gasteiger charge is -2.01. The van der Waals surface area contributed by atoms with Crippen molar-refractivity contribution in [3.05, 3.63) is 45.6 Å². The molecule has 1 radical (unpaired) electrons. The zero-order valence-electron chi connectivity index (χ0n) is 8.69. The molecule has 0 N–H and O–H groups in total. The Labute approximate surface area is 100 Å². The van der Waals surface area contributed by atoms with Crippen LogP contribution in [0.5, 0.6) is 0 Å². The van der Waals surface area contributed by atoms with Crippen molar-refractivity contribution in [2.24, 2.45) is 0 Å². The minimum absolute atomic E-state index is 0.0788. The number of benzene rings is 1. The van der Waals surface area contributed by atoms with Crippen molar-refractivity contribution in [2.75, 3.05) is 0 Å². The summed E-state index contributed by atoms with van der Waals surface area (Å²) in [4.78, 5) is 11.7. The molecule has 17 heavy (non-hydrogen) atoms. The van der Waals surface area contributed by atoms with Crippen molar-refractivity contribution < 1.29 is 8.78 Å². The third-order valence-corrected chi connectivity index (χ3v) is 2.51. The summed E-state index contributed by atoms with van der Waals surface area (Å²) < 4.78 is 26.3. The van der Waals surface area contributed by atoms with Crippen molar-refractivity contribution in [3.63, 3.8) is 0 Å². The predicted octanol–water partition coefficient (Wildman–Crippen LogP) is 2.19. The van der Waals surface area contributed by atoms with E-state index in [2.05, 4.69) is 11.2 Å². The van der Waals surface area contributed by atoms with E-state index in [-0.39, 0.29) is 16.5 Å². The van der Waals surface area contributed by atoms with E-state index in [1.54, 1.807) is 6.07 Å². The molecule has 2 aromatic rings. The lowest BCUT2D eigenvalue weighted by atomic mass is 10.3. The van der Waals surface area contributed by atoms with Gasteiger partial charge in [0.15, 0.2) is 0 Å². The van der Waals surface area contributed by atoms with Crippen LogP contribution in [0.4, 0.5) is 8.78 Å². The molecular weight excluding hydrogens is 252 g/mol. The first kappa shape index (κ1) is 11.8. The Hall–Kier alpha value is -1.69. The second-order valence-electron chi connectivity index (χ2n) is 3.27. The monoisotopic (exact) mass is 258 g/mol. The van der Waals surface area contributed by atoms with E-state index in [0.29, 0.717) is 4.57 Å². The van der Waals surface area contributed by atoms with Gasteiger partial charge in [0.2, 0.25) is 0 Å². The molecule has 2 rings (SSSR count). The van der Waals surface area contributed by atoms with Gasteiger partial charge >= 0.3 is 12.2 Å². The van der Waals surface area contributed by atoms with Crippen LogP contribution in [-0.2, 0) is 0 Å². The summed E-state index contributed by atoms with van der Waals surface area (Å²) in [6, 6.07) is 7.16. The van der Waals surface area contributed by atoms with E-state index >= 15 is 0 Å². The molecule has 89 valence electrons. The first-order chi connectivity index (χ1) is 8.02. The summed E-state index contributed by atoms with van der Waals surface area (Å²) in [5.41, 5.74) is -0.708. The van der Waals surface area contributed by atoms with Crippen LogP contribution in [-0.4, -0.2) is 14.3 Å². The van der Waals surface area contributed by atoms with E-state index < -0.39 is 12.2 Å². The highest BCUT2D eigenvalue weighted by Crippen LogP contribution is 2.18. The van der Waals surface area contributed by atoms with Gasteiger partial charge in [0, 0.05) is 0 Å². The Morgan fingerprint density at radius 1 is 1.53 bits per heavy atom. The van der Waals surface area contributed by atoms with Gasteiger partial charge in [-0.3, -0.25) is 0 Å². The number of aromatic nitrogens is 3. The SMILES string of the molecule is Cc1nn(-c2c[c]ccc2Cl)c(=O)n1C(F)F. The van der Waals surface area contributed by atoms with Crippen molar-refractivity contribution >= 4 is 11.6 Å². The van der Waals surface area contributed by atoms with Crippen LogP contribution in [0.25, 0.3) is 5.69 Å². The van der Waals surface area contributed by atoms with Gasteiger partial charge < -0.3 is 0 Å². The number of aryl methyl sites for hydroxylation is 1. The summed E-state index contributed by atoms with van der Waals surface area (Å²) in [7, 11) is 0. The van der Waals surface area contributed by atoms with Gasteiger partial charge in [-0.25, -0.2) is 9.36 Å². The van der Waals surface area contributed by atoms with Crippen LogP contribution >= 0.6 is 11.6 Å². The van der Waals surface area contributed by atoms with Crippen molar-refractivity contribution in [3.8, 4) is 5.69 Å². The van der Waals surface area contributed by atoms with Crippen LogP contribution in [0.15, 0.2) is 23.0 Å². The molecule has 0 amide bonds. The third-order valence-electron chi connectivity index (χ3n) is 2.19. The van der Waals surface area contributed by atoms with Crippen molar-refractivity contribution in [1.82, 2.24) is 14.3 Å². The van der Waals surface area contributed by atoms with Gasteiger partial charge in [-0.1, -0.05) is 17.7 Å². The van der Waals surface area contributed by atoms with Crippen LogP contribution in [0.2, 0.25) is 5.02 Å². The number of hydrogen-bond acceptors (Lipinski definition) is 2. The molecule has 1 aromatic carbocycles. The van der Waals surface area contributed by atoms with Crippen molar-refractivity contribution in [2.45, 2.75) is 13.5 Å². The predicted molar refractivity (Wildman–Crippen MR) is 57.7 cm³/mol. The molecule has 0 aliphatic heterocycles. The molecule has 0 bridgehead atoms. The highest BCUT2D eigenvalue weighted by atomic mass is 35.5. The number of halogens is 3. The largest absolute Gasteiger partial charge is 0.355 e. The van der Waals surface area contributed by atoms with Gasteiger partial charge in [0.25, 0.3) is 0 Å². The summed E-state index contributed by atoms with van der Waals surface area (Å²) in [5, 5.41) is 3.99. The number of nitrogens with zero attached hydrogens (tertiary/aromatic N) is 3. The summed E-state index contributed by atoms with van der Waals surface area (Å²) in [6.07, 6.45) is 0. The van der Waals surface area contributed by atoms with Gasteiger partial charge in [-0.05, 0) is 25.1 Å². The standard InChI is InChI=1S/C10H7ClF2N3O/c1-6-14-16(10(17)15(6)9(12)13)8-5-3-2-4-7(8)11/h2,4-5,9H,1H3. The fourth-order valence-electron chi connectivity index (χ4n) is 1.42. The lowest BCUT2D eigenvalue weighted by Crippen LogP contribution is -2.24. The molecule has 0 spiro atoms. The number of alkyl halides is 2. The van der Waals surface area contributed by atoms with E-state index in [1.807, 2.05) is 0 Å². The summed E-state index contributed by atoms with van der Waals surface area (Å²) in [5.74, 6) is -0.0788. The molecule has 0 fully saturated rings. The molecule has 1 aromatic heterocycles. The number of rotatable bonds is 2. The Morgan fingerprint density at radius 2 is 2.24 bits per heavy atom. The fraction of sp³-hybridized carbons (Fsp3) is 0.200. The molecule has 7 heteroatoms. The molecule has 0 saturated carbocycles. The Morgan fingerprint density at radius 3 is 2.76 bits per heavy atom. The van der Waals surface area contributed by atoms with Crippen molar-refractivity contribution in [1.29, 1.82) is 0 Å². The van der Waals surface area contributed by atoms with Crippen LogP contribution in [0.3, 0.4) is 0 Å². The van der Waals surface area contributed by atoms with Gasteiger partial charge in [0.1, 0.15) is 5.82 Å². The average Bonchev–Trinajstić information content (AvgIpc) is 2.55. The minimum atomic E-state index is -2.93. The topological polar surface area (TPSA) is 39.8 Å². The van der Waals surface area contributed by atoms with E-state index in [1.165, 1.54) is 19.1 Å². The van der Waals surface area contributed by atoms with E-state index in [0.717, 1.165) is 4.68 Å². The molecule has 0 saturated heterocycles. The highest BCUT2D eigenvalue weighted by molar-refractivity contribution is 6.32. The fourth-order valence-corrected chi connectivity index (χ4v) is 1.62. The minimum Gasteiger partial charge on any atom is -0.245 e.